The molecule has 3 heteroatoms. The molecule has 0 atom stereocenters. The van der Waals surface area contributed by atoms with Crippen LogP contribution in [0.1, 0.15) is 7.43 Å². The van der Waals surface area contributed by atoms with Crippen LogP contribution in [0.2, 0.25) is 0 Å². The van der Waals surface area contributed by atoms with Crippen molar-refractivity contribution in [3.63, 3.8) is 0 Å². The molecular formula is CH4Li2V. The summed E-state index contributed by atoms with van der Waals surface area (Å²) < 4.78 is 0. The van der Waals surface area contributed by atoms with E-state index in [-0.39, 0.29) is 63.7 Å². The first-order chi connectivity index (χ1) is 0. The molecule has 0 heterocycles. The molecule has 0 saturated carbocycles. The van der Waals surface area contributed by atoms with Crippen LogP contribution < -0.4 is 0 Å². The van der Waals surface area contributed by atoms with Crippen LogP contribution in [0.5, 0.6) is 0 Å². The molecule has 0 aliphatic carbocycles. The molecule has 0 saturated heterocycles. The van der Waals surface area contributed by atoms with E-state index in [1.165, 1.54) is 0 Å². The van der Waals surface area contributed by atoms with Crippen LogP contribution in [-0.4, -0.2) is 37.7 Å². The van der Waals surface area contributed by atoms with Gasteiger partial charge in [-0.15, -0.1) is 0 Å². The molecule has 0 aliphatic heterocycles. The van der Waals surface area contributed by atoms with Crippen LogP contribution >= 0.6 is 0 Å². The predicted molar refractivity (Wildman–Crippen MR) is 18.2 cm³/mol. The second kappa shape index (κ2) is 21.6. The summed E-state index contributed by atoms with van der Waals surface area (Å²) in [5.74, 6) is 0. The van der Waals surface area contributed by atoms with E-state index in [0.717, 1.165) is 0 Å². The fraction of sp³-hybridized carbons (Fsp3) is 1.00. The molecule has 4 heavy (non-hydrogen) atoms. The van der Waals surface area contributed by atoms with Gasteiger partial charge < -0.3 is 0 Å². The second-order valence-electron chi connectivity index (χ2n) is 0. The van der Waals surface area contributed by atoms with Gasteiger partial charge in [-0.1, -0.05) is 7.43 Å². The molecular weight excluding hydrogens is 76.8 g/mol. The Morgan fingerprint density at radius 2 is 0.750 bits per heavy atom. The van der Waals surface area contributed by atoms with Gasteiger partial charge in [0.15, 0.2) is 0 Å². The first-order valence-corrected chi connectivity index (χ1v) is 0. The quantitative estimate of drug-likeness (QED) is 0.356. The van der Waals surface area contributed by atoms with E-state index >= 15 is 0 Å². The Balaban J connectivity index is 0. The van der Waals surface area contributed by atoms with Crippen molar-refractivity contribution >= 4 is 37.7 Å². The van der Waals surface area contributed by atoms with Crippen LogP contribution in [0.3, 0.4) is 0 Å². The Morgan fingerprint density at radius 1 is 0.750 bits per heavy atom. The van der Waals surface area contributed by atoms with E-state index < -0.39 is 0 Å². The monoisotopic (exact) mass is 81.0 g/mol. The first-order valence-electron chi connectivity index (χ1n) is 0. The number of hydrogen-bond donors (Lipinski definition) is 0. The molecule has 0 N–H and O–H groups in total. The first kappa shape index (κ1) is 41.7. The van der Waals surface area contributed by atoms with Crippen molar-refractivity contribution in [2.45, 2.75) is 7.43 Å². The Labute approximate surface area is 63.3 Å². The summed E-state index contributed by atoms with van der Waals surface area (Å²) >= 11 is 0. The zero-order valence-corrected chi connectivity index (χ0v) is 3.84. The van der Waals surface area contributed by atoms with E-state index in [1.54, 1.807) is 0 Å². The third-order valence-corrected chi connectivity index (χ3v) is 0. The van der Waals surface area contributed by atoms with E-state index in [1.807, 2.05) is 0 Å². The minimum atomic E-state index is 0. The third kappa shape index (κ3) is 9.22. The minimum absolute atomic E-state index is 0. The van der Waals surface area contributed by atoms with Crippen LogP contribution in [0.25, 0.3) is 0 Å². The average molecular weight is 80.9 g/mol. The summed E-state index contributed by atoms with van der Waals surface area (Å²) in [7, 11) is 0. The summed E-state index contributed by atoms with van der Waals surface area (Å²) in [5.41, 5.74) is 0. The Kier molecular flexibility index (Phi) is 225. The molecule has 0 aromatic rings. The topological polar surface area (TPSA) is 0 Å². The molecule has 0 amide bonds. The fourth-order valence-electron chi connectivity index (χ4n) is 0. The third-order valence-electron chi connectivity index (χ3n) is 0. The molecule has 0 nitrogen and oxygen atoms in total. The maximum atomic E-state index is 0. The van der Waals surface area contributed by atoms with Crippen molar-refractivity contribution in [2.24, 2.45) is 0 Å². The Morgan fingerprint density at radius 3 is 0.750 bits per heavy atom. The summed E-state index contributed by atoms with van der Waals surface area (Å²) in [6.07, 6.45) is 0. The smallest absolute Gasteiger partial charge is 0 e. The van der Waals surface area contributed by atoms with Crippen LogP contribution in [0.15, 0.2) is 0 Å². The summed E-state index contributed by atoms with van der Waals surface area (Å²) in [4.78, 5) is 0. The normalized spacial score (nSPS) is 0. The fourth-order valence-corrected chi connectivity index (χ4v) is 0. The molecule has 0 fully saturated rings. The zero-order valence-electron chi connectivity index (χ0n) is 2.45. The van der Waals surface area contributed by atoms with E-state index in [9.17, 15) is 0 Å². The van der Waals surface area contributed by atoms with Crippen molar-refractivity contribution in [1.29, 1.82) is 0 Å². The van der Waals surface area contributed by atoms with Crippen molar-refractivity contribution in [2.75, 3.05) is 0 Å². The standard InChI is InChI=1S/CH4.2Li.V/h1H4;;;. The number of hydrogen-bond acceptors (Lipinski definition) is 0. The van der Waals surface area contributed by atoms with Crippen molar-refractivity contribution in [1.82, 2.24) is 0 Å². The maximum absolute atomic E-state index is 0. The predicted octanol–water partition coefficient (Wildman–Crippen LogP) is -0.128. The Bertz CT molecular complexity index is 6.00. The summed E-state index contributed by atoms with van der Waals surface area (Å²) in [6.45, 7) is 0. The molecule has 0 aliphatic rings. The molecule has 15 valence electrons. The van der Waals surface area contributed by atoms with Gasteiger partial charge in [0.1, 0.15) is 0 Å². The Hall–Kier alpha value is 1.78. The molecule has 3 radical (unpaired) electrons. The molecule has 0 unspecified atom stereocenters. The van der Waals surface area contributed by atoms with Crippen LogP contribution in [0, 0.1) is 0 Å². The zero-order chi connectivity index (χ0) is 0. The summed E-state index contributed by atoms with van der Waals surface area (Å²) in [6, 6.07) is 0. The molecule has 0 bridgehead atoms. The van der Waals surface area contributed by atoms with E-state index in [2.05, 4.69) is 0 Å². The van der Waals surface area contributed by atoms with Gasteiger partial charge in [0.2, 0.25) is 0 Å². The SMILES string of the molecule is C.[Li].[Li].[V]. The molecule has 0 aromatic carbocycles. The average Bonchev–Trinajstić information content (AvgIpc) is 0. The molecule has 0 spiro atoms. The van der Waals surface area contributed by atoms with E-state index in [4.69, 9.17) is 0 Å². The van der Waals surface area contributed by atoms with Gasteiger partial charge in [-0.25, -0.2) is 0 Å². The van der Waals surface area contributed by atoms with Crippen LogP contribution in [0.4, 0.5) is 0 Å². The largest absolute Gasteiger partial charge is 0.0776 e. The summed E-state index contributed by atoms with van der Waals surface area (Å²) in [5, 5.41) is 0. The van der Waals surface area contributed by atoms with Gasteiger partial charge in [0.25, 0.3) is 0 Å². The number of rotatable bonds is 0. The van der Waals surface area contributed by atoms with Crippen molar-refractivity contribution in [3.05, 3.63) is 0 Å². The van der Waals surface area contributed by atoms with Crippen molar-refractivity contribution < 1.29 is 18.6 Å². The van der Waals surface area contributed by atoms with Gasteiger partial charge in [-0.3, -0.25) is 0 Å². The van der Waals surface area contributed by atoms with Crippen molar-refractivity contribution in [3.8, 4) is 0 Å². The minimum Gasteiger partial charge on any atom is -0.0776 e. The van der Waals surface area contributed by atoms with E-state index in [0.29, 0.717) is 0 Å². The second-order valence-corrected chi connectivity index (χ2v) is 0. The van der Waals surface area contributed by atoms with Gasteiger partial charge >= 0.3 is 0 Å². The molecule has 0 aromatic heterocycles. The van der Waals surface area contributed by atoms with Gasteiger partial charge in [-0.2, -0.15) is 0 Å². The van der Waals surface area contributed by atoms with Gasteiger partial charge in [0.05, 0.1) is 0 Å². The molecule has 0 rings (SSSR count). The van der Waals surface area contributed by atoms with Gasteiger partial charge in [0, 0.05) is 56.3 Å². The van der Waals surface area contributed by atoms with Gasteiger partial charge in [-0.05, 0) is 0 Å². The van der Waals surface area contributed by atoms with Crippen LogP contribution in [-0.2, 0) is 18.6 Å². The maximum Gasteiger partial charge on any atom is 0 e.